The van der Waals surface area contributed by atoms with Gasteiger partial charge in [-0.15, -0.1) is 0 Å². The summed E-state index contributed by atoms with van der Waals surface area (Å²) in [6.07, 6.45) is 6.02. The zero-order chi connectivity index (χ0) is 34.1. The SMILES string of the molecule is O=C=C(Oc1ccc(-c2nc3cc(C(=O)O)ccc3n2C2CCCCC2)c(F)c1)c1cc(N2CCC(O)CC2)ccc1-c1ccc(Cl)cc1. The Kier molecular flexibility index (Phi) is 9.23. The first-order chi connectivity index (χ1) is 23.8. The van der Waals surface area contributed by atoms with Crippen molar-refractivity contribution in [3.8, 4) is 28.3 Å². The Morgan fingerprint density at radius 3 is 2.33 bits per heavy atom. The van der Waals surface area contributed by atoms with Crippen LogP contribution in [0, 0.1) is 5.82 Å². The molecule has 2 heterocycles. The van der Waals surface area contributed by atoms with Crippen molar-refractivity contribution < 1.29 is 28.9 Å². The maximum absolute atomic E-state index is 16.1. The van der Waals surface area contributed by atoms with Gasteiger partial charge < -0.3 is 24.4 Å². The number of hydrogen-bond donors (Lipinski definition) is 2. The summed E-state index contributed by atoms with van der Waals surface area (Å²) in [5.41, 5.74) is 4.49. The minimum atomic E-state index is -1.05. The highest BCUT2D eigenvalue weighted by Crippen LogP contribution is 2.39. The predicted octanol–water partition coefficient (Wildman–Crippen LogP) is 8.58. The Balaban J connectivity index is 1.25. The van der Waals surface area contributed by atoms with Crippen molar-refractivity contribution in [1.29, 1.82) is 0 Å². The van der Waals surface area contributed by atoms with Crippen molar-refractivity contribution in [3.63, 3.8) is 0 Å². The van der Waals surface area contributed by atoms with E-state index in [1.807, 2.05) is 40.8 Å². The number of aliphatic hydroxyl groups excluding tert-OH is 1. The molecule has 1 aliphatic heterocycles. The summed E-state index contributed by atoms with van der Waals surface area (Å²) in [6.45, 7) is 1.33. The van der Waals surface area contributed by atoms with Crippen molar-refractivity contribution in [1.82, 2.24) is 9.55 Å². The molecule has 5 aromatic rings. The summed E-state index contributed by atoms with van der Waals surface area (Å²) in [5, 5.41) is 20.2. The van der Waals surface area contributed by atoms with Gasteiger partial charge in [-0.3, -0.25) is 0 Å². The van der Waals surface area contributed by atoms with Gasteiger partial charge in [-0.2, -0.15) is 0 Å². The second-order valence-corrected chi connectivity index (χ2v) is 13.2. The van der Waals surface area contributed by atoms with Crippen LogP contribution >= 0.6 is 11.6 Å². The molecule has 250 valence electrons. The molecule has 49 heavy (non-hydrogen) atoms. The van der Waals surface area contributed by atoms with E-state index in [1.54, 1.807) is 36.4 Å². The first-order valence-electron chi connectivity index (χ1n) is 16.6. The van der Waals surface area contributed by atoms with Crippen molar-refractivity contribution >= 4 is 46.0 Å². The molecule has 8 nitrogen and oxygen atoms in total. The molecule has 0 atom stereocenters. The number of aromatic carboxylic acids is 1. The number of carbonyl (C=O) groups is 1. The number of imidazole rings is 1. The number of anilines is 1. The first kappa shape index (κ1) is 32.6. The lowest BCUT2D eigenvalue weighted by Crippen LogP contribution is -2.35. The van der Waals surface area contributed by atoms with Gasteiger partial charge in [0.2, 0.25) is 5.76 Å². The van der Waals surface area contributed by atoms with E-state index in [-0.39, 0.29) is 34.8 Å². The van der Waals surface area contributed by atoms with Gasteiger partial charge in [-0.1, -0.05) is 49.1 Å². The van der Waals surface area contributed by atoms with Gasteiger partial charge in [-0.05, 0) is 91.4 Å². The molecule has 2 N–H and O–H groups in total. The van der Waals surface area contributed by atoms with E-state index in [1.165, 1.54) is 12.1 Å². The van der Waals surface area contributed by atoms with E-state index in [0.717, 1.165) is 54.4 Å². The number of carbonyl (C=O) groups excluding carboxylic acids is 1. The molecule has 0 amide bonds. The Bertz CT molecular complexity index is 2070. The topological polar surface area (TPSA) is 105 Å². The fourth-order valence-electron chi connectivity index (χ4n) is 7.04. The van der Waals surface area contributed by atoms with Crippen molar-refractivity contribution in [2.45, 2.75) is 57.1 Å². The largest absolute Gasteiger partial charge is 0.478 e. The third-order valence-electron chi connectivity index (χ3n) is 9.60. The molecule has 0 bridgehead atoms. The van der Waals surface area contributed by atoms with E-state index in [9.17, 15) is 19.8 Å². The number of hydrogen-bond acceptors (Lipinski definition) is 6. The molecule has 0 spiro atoms. The van der Waals surface area contributed by atoms with Gasteiger partial charge in [0.05, 0.1) is 28.3 Å². The number of carboxylic acid groups (broad SMARTS) is 1. The summed E-state index contributed by atoms with van der Waals surface area (Å²) in [4.78, 5) is 31.1. The van der Waals surface area contributed by atoms with Crippen molar-refractivity contribution in [3.05, 3.63) is 101 Å². The number of aromatic nitrogens is 2. The molecule has 1 aliphatic carbocycles. The first-order valence-corrected chi connectivity index (χ1v) is 17.0. The minimum absolute atomic E-state index is 0.103. The summed E-state index contributed by atoms with van der Waals surface area (Å²) in [6, 6.07) is 22.3. The van der Waals surface area contributed by atoms with Gasteiger partial charge in [-0.25, -0.2) is 19.0 Å². The van der Waals surface area contributed by atoms with Crippen molar-refractivity contribution in [2.24, 2.45) is 0 Å². The monoisotopic (exact) mass is 679 g/mol. The van der Waals surface area contributed by atoms with E-state index in [4.69, 9.17) is 21.3 Å². The third-order valence-corrected chi connectivity index (χ3v) is 9.85. The van der Waals surface area contributed by atoms with Crippen LogP contribution in [0.1, 0.15) is 66.9 Å². The summed E-state index contributed by atoms with van der Waals surface area (Å²) >= 11 is 6.16. The lowest BCUT2D eigenvalue weighted by molar-refractivity contribution is 0.0697. The minimum Gasteiger partial charge on any atom is -0.478 e. The highest BCUT2D eigenvalue weighted by molar-refractivity contribution is 6.30. The van der Waals surface area contributed by atoms with Crippen molar-refractivity contribution in [2.75, 3.05) is 18.0 Å². The van der Waals surface area contributed by atoms with Crippen LogP contribution in [0.2, 0.25) is 5.02 Å². The number of fused-ring (bicyclic) bond motifs is 1. The van der Waals surface area contributed by atoms with Gasteiger partial charge in [0.15, 0.2) is 5.94 Å². The standard InChI is InChI=1S/C39H35ClFN3O5/c40-26-9-6-24(7-10-26)31-13-11-28(43-18-16-29(46)17-19-43)21-33(31)37(23-45)49-30-12-14-32(34(41)22-30)38-42-35-20-25(39(47)48)8-15-36(35)44(38)27-4-2-1-3-5-27/h6-15,20-22,27,29,46H,1-5,16-19H2,(H,47,48). The molecule has 1 saturated carbocycles. The second-order valence-electron chi connectivity index (χ2n) is 12.7. The molecule has 0 unspecified atom stereocenters. The molecular formula is C39H35ClFN3O5. The smallest absolute Gasteiger partial charge is 0.335 e. The van der Waals surface area contributed by atoms with Gasteiger partial charge in [0.25, 0.3) is 0 Å². The predicted molar refractivity (Wildman–Crippen MR) is 188 cm³/mol. The fraction of sp³-hybridized carbons (Fsp3) is 0.282. The van der Waals surface area contributed by atoms with Crippen LogP contribution in [0.3, 0.4) is 0 Å². The van der Waals surface area contributed by atoms with Crippen LogP contribution in [0.4, 0.5) is 10.1 Å². The number of rotatable bonds is 8. The molecular weight excluding hydrogens is 645 g/mol. The molecule has 2 fully saturated rings. The number of aliphatic hydroxyl groups is 1. The zero-order valence-electron chi connectivity index (χ0n) is 26.7. The highest BCUT2D eigenvalue weighted by Gasteiger charge is 2.26. The molecule has 2 aliphatic rings. The van der Waals surface area contributed by atoms with E-state index in [2.05, 4.69) is 4.90 Å². The van der Waals surface area contributed by atoms with Crippen LogP contribution in [0.25, 0.3) is 39.3 Å². The quantitative estimate of drug-likeness (QED) is 0.125. The molecule has 10 heteroatoms. The number of ether oxygens (including phenoxy) is 1. The number of piperidine rings is 1. The maximum atomic E-state index is 16.1. The highest BCUT2D eigenvalue weighted by atomic mass is 35.5. The molecule has 4 aromatic carbocycles. The van der Waals surface area contributed by atoms with E-state index >= 15 is 4.39 Å². The van der Waals surface area contributed by atoms with Crippen LogP contribution in [0.15, 0.2) is 78.9 Å². The van der Waals surface area contributed by atoms with Gasteiger partial charge in [0, 0.05) is 41.5 Å². The fourth-order valence-corrected chi connectivity index (χ4v) is 7.17. The summed E-state index contributed by atoms with van der Waals surface area (Å²) < 4.78 is 24.3. The zero-order valence-corrected chi connectivity index (χ0v) is 27.5. The number of halogens is 2. The molecule has 1 saturated heterocycles. The van der Waals surface area contributed by atoms with Crippen LogP contribution in [0.5, 0.6) is 5.75 Å². The summed E-state index contributed by atoms with van der Waals surface area (Å²) in [7, 11) is 0. The maximum Gasteiger partial charge on any atom is 0.335 e. The second kappa shape index (κ2) is 13.9. The average Bonchev–Trinajstić information content (AvgIpc) is 3.50. The number of benzene rings is 4. The Morgan fingerprint density at radius 2 is 1.63 bits per heavy atom. The van der Waals surface area contributed by atoms with Crippen LogP contribution in [-0.2, 0) is 4.79 Å². The Hall–Kier alpha value is -4.95. The van der Waals surface area contributed by atoms with Crippen LogP contribution < -0.4 is 9.64 Å². The van der Waals surface area contributed by atoms with E-state index in [0.29, 0.717) is 47.9 Å². The normalized spacial score (nSPS) is 15.7. The van der Waals surface area contributed by atoms with Gasteiger partial charge >= 0.3 is 5.97 Å². The average molecular weight is 680 g/mol. The summed E-state index contributed by atoms with van der Waals surface area (Å²) in [5.74, 6) is 0.732. The lowest BCUT2D eigenvalue weighted by Gasteiger charge is -2.32. The third kappa shape index (κ3) is 6.70. The number of carboxylic acids is 1. The Morgan fingerprint density at radius 1 is 0.898 bits per heavy atom. The number of nitrogens with zero attached hydrogens (tertiary/aromatic N) is 3. The lowest BCUT2D eigenvalue weighted by atomic mass is 9.94. The van der Waals surface area contributed by atoms with Crippen LogP contribution in [-0.4, -0.2) is 50.9 Å². The van der Waals surface area contributed by atoms with E-state index < -0.39 is 11.8 Å². The van der Waals surface area contributed by atoms with Gasteiger partial charge in [0.1, 0.15) is 17.4 Å². The molecule has 7 rings (SSSR count). The Labute approximate surface area is 288 Å². The molecule has 1 aromatic heterocycles. The molecule has 0 radical (unpaired) electrons.